The third-order valence-corrected chi connectivity index (χ3v) is 6.62. The Labute approximate surface area is 189 Å². The summed E-state index contributed by atoms with van der Waals surface area (Å²) in [7, 11) is 0. The van der Waals surface area contributed by atoms with Crippen LogP contribution in [-0.2, 0) is 0 Å². The van der Waals surface area contributed by atoms with Crippen molar-refractivity contribution in [2.45, 2.75) is 18.9 Å². The predicted octanol–water partition coefficient (Wildman–Crippen LogP) is 3.17. The summed E-state index contributed by atoms with van der Waals surface area (Å²) < 4.78 is 0. The van der Waals surface area contributed by atoms with Crippen LogP contribution in [0.3, 0.4) is 0 Å². The number of carbonyl (C=O) groups is 1. The van der Waals surface area contributed by atoms with Crippen molar-refractivity contribution in [3.05, 3.63) is 59.1 Å². The Morgan fingerprint density at radius 2 is 1.71 bits per heavy atom. The highest BCUT2D eigenvalue weighted by Crippen LogP contribution is 2.25. The number of piperazine rings is 1. The number of carbonyl (C=O) groups excluding carboxylic acids is 1. The fourth-order valence-electron chi connectivity index (χ4n) is 4.57. The summed E-state index contributed by atoms with van der Waals surface area (Å²) in [5, 5.41) is 12.6. The molecular formula is C24H31ClN4O2. The maximum Gasteiger partial charge on any atom is 0.255 e. The number of anilines is 2. The Bertz CT molecular complexity index is 860. The summed E-state index contributed by atoms with van der Waals surface area (Å²) in [6.07, 6.45) is 2.35. The Morgan fingerprint density at radius 3 is 2.35 bits per heavy atom. The van der Waals surface area contributed by atoms with Crippen LogP contribution >= 0.6 is 11.6 Å². The van der Waals surface area contributed by atoms with E-state index in [-0.39, 0.29) is 12.5 Å². The second-order valence-electron chi connectivity index (χ2n) is 8.33. The summed E-state index contributed by atoms with van der Waals surface area (Å²) in [4.78, 5) is 19.8. The summed E-state index contributed by atoms with van der Waals surface area (Å²) in [6.45, 7) is 7.47. The second-order valence-corrected chi connectivity index (χ2v) is 8.77. The number of nitrogens with zero attached hydrogens (tertiary/aromatic N) is 3. The van der Waals surface area contributed by atoms with E-state index in [1.165, 1.54) is 18.5 Å². The Kier molecular flexibility index (Phi) is 7.45. The van der Waals surface area contributed by atoms with Crippen molar-refractivity contribution in [1.82, 2.24) is 9.80 Å². The zero-order chi connectivity index (χ0) is 21.6. The van der Waals surface area contributed by atoms with Crippen molar-refractivity contribution in [3.63, 3.8) is 0 Å². The van der Waals surface area contributed by atoms with E-state index in [9.17, 15) is 4.79 Å². The monoisotopic (exact) mass is 442 g/mol. The summed E-state index contributed by atoms with van der Waals surface area (Å²) in [5.41, 5.74) is 2.53. The highest BCUT2D eigenvalue weighted by atomic mass is 35.5. The molecule has 2 aliphatic heterocycles. The SMILES string of the molecule is O=C(Nc1ccc(N2CCC(N3CCN(CCO)CC3)CC2)cc1)c1cccc(Cl)c1. The highest BCUT2D eigenvalue weighted by Gasteiger charge is 2.27. The number of nitrogens with one attached hydrogen (secondary N) is 1. The highest BCUT2D eigenvalue weighted by molar-refractivity contribution is 6.31. The molecule has 4 rings (SSSR count). The molecule has 0 unspecified atom stereocenters. The Hall–Kier alpha value is -2.12. The van der Waals surface area contributed by atoms with Crippen molar-refractivity contribution in [1.29, 1.82) is 0 Å². The first-order valence-electron chi connectivity index (χ1n) is 11.1. The average molecular weight is 443 g/mol. The lowest BCUT2D eigenvalue weighted by atomic mass is 10.0. The van der Waals surface area contributed by atoms with E-state index in [0.29, 0.717) is 16.6 Å². The fraction of sp³-hybridized carbons (Fsp3) is 0.458. The summed E-state index contributed by atoms with van der Waals surface area (Å²) in [5.74, 6) is -0.157. The molecule has 1 amide bonds. The predicted molar refractivity (Wildman–Crippen MR) is 126 cm³/mol. The standard InChI is InChI=1S/C24H31ClN4O2/c25-20-3-1-2-19(18-20)24(31)26-21-4-6-22(7-5-21)28-10-8-23(9-11-28)29-14-12-27(13-15-29)16-17-30/h1-7,18,23,30H,8-17H2,(H,26,31). The number of hydrogen-bond donors (Lipinski definition) is 2. The second kappa shape index (κ2) is 10.5. The molecule has 0 atom stereocenters. The Morgan fingerprint density at radius 1 is 1.00 bits per heavy atom. The van der Waals surface area contributed by atoms with Gasteiger partial charge in [-0.3, -0.25) is 14.6 Å². The minimum atomic E-state index is -0.157. The van der Waals surface area contributed by atoms with Gasteiger partial charge < -0.3 is 15.3 Å². The molecule has 0 bridgehead atoms. The molecule has 2 N–H and O–H groups in total. The van der Waals surface area contributed by atoms with Gasteiger partial charge in [-0.05, 0) is 55.3 Å². The number of halogens is 1. The molecule has 2 heterocycles. The topological polar surface area (TPSA) is 59.1 Å². The first-order chi connectivity index (χ1) is 15.1. The van der Waals surface area contributed by atoms with E-state index >= 15 is 0 Å². The van der Waals surface area contributed by atoms with Gasteiger partial charge in [-0.25, -0.2) is 0 Å². The molecule has 2 aromatic carbocycles. The lowest BCUT2D eigenvalue weighted by Gasteiger charge is -2.43. The maximum atomic E-state index is 12.4. The van der Waals surface area contributed by atoms with Crippen LogP contribution in [0, 0.1) is 0 Å². The van der Waals surface area contributed by atoms with Crippen molar-refractivity contribution < 1.29 is 9.90 Å². The van der Waals surface area contributed by atoms with E-state index in [1.54, 1.807) is 24.3 Å². The van der Waals surface area contributed by atoms with Gasteiger partial charge in [0, 0.05) is 73.8 Å². The summed E-state index contributed by atoms with van der Waals surface area (Å²) >= 11 is 5.98. The molecule has 0 aliphatic carbocycles. The third-order valence-electron chi connectivity index (χ3n) is 6.38. The molecule has 0 aromatic heterocycles. The van der Waals surface area contributed by atoms with E-state index in [4.69, 9.17) is 16.7 Å². The Balaban J connectivity index is 1.26. The molecule has 31 heavy (non-hydrogen) atoms. The number of benzene rings is 2. The van der Waals surface area contributed by atoms with Crippen LogP contribution in [0.1, 0.15) is 23.2 Å². The molecule has 0 saturated carbocycles. The first-order valence-corrected chi connectivity index (χ1v) is 11.5. The van der Waals surface area contributed by atoms with E-state index in [0.717, 1.165) is 51.5 Å². The number of aliphatic hydroxyl groups excluding tert-OH is 1. The normalized spacial score (nSPS) is 18.8. The molecule has 6 nitrogen and oxygen atoms in total. The van der Waals surface area contributed by atoms with Gasteiger partial charge in [0.25, 0.3) is 5.91 Å². The van der Waals surface area contributed by atoms with Crippen LogP contribution in [-0.4, -0.2) is 79.3 Å². The largest absolute Gasteiger partial charge is 0.395 e. The molecule has 2 fully saturated rings. The number of β-amino-alcohol motifs (C(OH)–C–C–N with tert-alkyl or cyclic N) is 1. The third kappa shape index (κ3) is 5.77. The van der Waals surface area contributed by atoms with Crippen LogP contribution in [0.15, 0.2) is 48.5 Å². The summed E-state index contributed by atoms with van der Waals surface area (Å²) in [6, 6.07) is 15.7. The number of hydrogen-bond acceptors (Lipinski definition) is 5. The van der Waals surface area contributed by atoms with Crippen LogP contribution in [0.25, 0.3) is 0 Å². The lowest BCUT2D eigenvalue weighted by Crippen LogP contribution is -2.53. The molecule has 0 radical (unpaired) electrons. The molecule has 166 valence electrons. The van der Waals surface area contributed by atoms with Crippen LogP contribution in [0.5, 0.6) is 0 Å². The number of piperidine rings is 1. The van der Waals surface area contributed by atoms with E-state index in [2.05, 4.69) is 32.1 Å². The molecule has 0 spiro atoms. The van der Waals surface area contributed by atoms with Gasteiger partial charge in [0.05, 0.1) is 6.61 Å². The fourth-order valence-corrected chi connectivity index (χ4v) is 4.76. The first kappa shape index (κ1) is 22.1. The number of rotatable bonds is 6. The van der Waals surface area contributed by atoms with Crippen LogP contribution < -0.4 is 10.2 Å². The van der Waals surface area contributed by atoms with Gasteiger partial charge in [0.2, 0.25) is 0 Å². The van der Waals surface area contributed by atoms with Crippen molar-refractivity contribution >= 4 is 28.9 Å². The number of aliphatic hydroxyl groups is 1. The average Bonchev–Trinajstić information content (AvgIpc) is 2.80. The smallest absolute Gasteiger partial charge is 0.255 e. The van der Waals surface area contributed by atoms with E-state index < -0.39 is 0 Å². The van der Waals surface area contributed by atoms with Gasteiger partial charge in [-0.1, -0.05) is 17.7 Å². The molecule has 7 heteroatoms. The van der Waals surface area contributed by atoms with Gasteiger partial charge in [-0.2, -0.15) is 0 Å². The quantitative estimate of drug-likeness (QED) is 0.719. The van der Waals surface area contributed by atoms with Crippen molar-refractivity contribution in [2.75, 3.05) is 62.6 Å². The lowest BCUT2D eigenvalue weighted by molar-refractivity contribution is 0.0747. The van der Waals surface area contributed by atoms with E-state index in [1.807, 2.05) is 12.1 Å². The van der Waals surface area contributed by atoms with Gasteiger partial charge in [0.1, 0.15) is 0 Å². The zero-order valence-electron chi connectivity index (χ0n) is 17.8. The van der Waals surface area contributed by atoms with Crippen LogP contribution in [0.4, 0.5) is 11.4 Å². The van der Waals surface area contributed by atoms with Gasteiger partial charge in [0.15, 0.2) is 0 Å². The minimum absolute atomic E-state index is 0.157. The minimum Gasteiger partial charge on any atom is -0.395 e. The molecule has 2 aromatic rings. The van der Waals surface area contributed by atoms with Gasteiger partial charge in [-0.15, -0.1) is 0 Å². The van der Waals surface area contributed by atoms with Gasteiger partial charge >= 0.3 is 0 Å². The zero-order valence-corrected chi connectivity index (χ0v) is 18.6. The van der Waals surface area contributed by atoms with Crippen molar-refractivity contribution in [2.24, 2.45) is 0 Å². The van der Waals surface area contributed by atoms with Crippen molar-refractivity contribution in [3.8, 4) is 0 Å². The maximum absolute atomic E-state index is 12.4. The molecular weight excluding hydrogens is 412 g/mol. The molecule has 2 aliphatic rings. The number of amides is 1. The molecule has 2 saturated heterocycles. The van der Waals surface area contributed by atoms with Crippen LogP contribution in [0.2, 0.25) is 5.02 Å².